The van der Waals surface area contributed by atoms with E-state index < -0.39 is 50.7 Å². The number of aromatic nitrogens is 3. The van der Waals surface area contributed by atoms with Gasteiger partial charge in [0.05, 0.1) is 21.7 Å². The third kappa shape index (κ3) is 6.02. The summed E-state index contributed by atoms with van der Waals surface area (Å²) in [6.45, 7) is -0.428. The molecular formula is C25H19F7N6O2S. The van der Waals surface area contributed by atoms with Crippen LogP contribution in [0.25, 0.3) is 22.3 Å². The fourth-order valence-electron chi connectivity index (χ4n) is 4.06. The van der Waals surface area contributed by atoms with E-state index in [1.165, 1.54) is 36.4 Å². The molecule has 0 bridgehead atoms. The number of hydrogen-bond donors (Lipinski definition) is 3. The number of anilines is 2. The van der Waals surface area contributed by atoms with Crippen molar-refractivity contribution < 1.29 is 39.2 Å². The van der Waals surface area contributed by atoms with E-state index in [1.807, 2.05) is 0 Å². The second kappa shape index (κ2) is 9.80. The normalized spacial score (nSPS) is 15.1. The van der Waals surface area contributed by atoms with Crippen LogP contribution in [-0.4, -0.2) is 35.1 Å². The number of alkyl halides is 6. The molecule has 216 valence electrons. The molecule has 4 aromatic rings. The molecule has 1 aliphatic carbocycles. The number of sulfonamides is 1. The average Bonchev–Trinajstić information content (AvgIpc) is 3.68. The molecule has 4 N–H and O–H groups in total. The van der Waals surface area contributed by atoms with Crippen LogP contribution < -0.4 is 15.8 Å². The van der Waals surface area contributed by atoms with Crippen molar-refractivity contribution in [1.29, 1.82) is 0 Å². The van der Waals surface area contributed by atoms with Crippen LogP contribution in [-0.2, 0) is 22.7 Å². The van der Waals surface area contributed by atoms with Gasteiger partial charge in [0.1, 0.15) is 16.9 Å². The molecule has 0 saturated heterocycles. The molecule has 1 aliphatic rings. The Morgan fingerprint density at radius 1 is 0.902 bits per heavy atom. The van der Waals surface area contributed by atoms with Crippen molar-refractivity contribution in [2.24, 2.45) is 5.14 Å². The Hall–Kier alpha value is -4.05. The molecule has 0 atom stereocenters. The van der Waals surface area contributed by atoms with Crippen LogP contribution in [0.15, 0.2) is 59.5 Å². The van der Waals surface area contributed by atoms with Gasteiger partial charge in [0.15, 0.2) is 5.82 Å². The standard InChI is InChI=1S/C25H19F7N6O2S/c26-16-3-1-14(2-4-16)18-5-6-19-20(35-18)21(38-23(7-8-23)25(30,31)32)37-22(36-19)34-12-13-9-15(24(27,28)29)11-17(10-13)41(33,39)40/h1-6,9-11H,7-8,12H2,(H2,33,39,40)(H2,34,36,37,38). The monoisotopic (exact) mass is 600 g/mol. The third-order valence-electron chi connectivity index (χ3n) is 6.41. The highest BCUT2D eigenvalue weighted by atomic mass is 32.2. The molecule has 2 aromatic heterocycles. The molecule has 5 rings (SSSR count). The summed E-state index contributed by atoms with van der Waals surface area (Å²) in [7, 11) is -4.49. The summed E-state index contributed by atoms with van der Waals surface area (Å²) in [5.74, 6) is -1.04. The SMILES string of the molecule is NS(=O)(=O)c1cc(CNc2nc(NC3(C(F)(F)F)CC3)c3nc(-c4ccc(F)cc4)ccc3n2)cc(C(F)(F)F)c1. The quantitative estimate of drug-likeness (QED) is 0.236. The molecule has 1 fully saturated rings. The fraction of sp³-hybridized carbons (Fsp3) is 0.240. The number of nitrogens with zero attached hydrogens (tertiary/aromatic N) is 3. The Morgan fingerprint density at radius 3 is 2.17 bits per heavy atom. The zero-order valence-corrected chi connectivity index (χ0v) is 21.4. The Bertz CT molecular complexity index is 1740. The lowest BCUT2D eigenvalue weighted by molar-refractivity contribution is -0.151. The molecule has 0 amide bonds. The van der Waals surface area contributed by atoms with Gasteiger partial charge in [-0.3, -0.25) is 0 Å². The predicted octanol–water partition coefficient (Wildman–Crippen LogP) is 5.62. The van der Waals surface area contributed by atoms with Crippen LogP contribution in [0, 0.1) is 5.82 Å². The zero-order valence-electron chi connectivity index (χ0n) is 20.6. The Balaban J connectivity index is 1.54. The molecule has 0 radical (unpaired) electrons. The van der Waals surface area contributed by atoms with E-state index in [0.717, 1.165) is 6.07 Å². The summed E-state index contributed by atoms with van der Waals surface area (Å²) in [4.78, 5) is 12.0. The zero-order chi connectivity index (χ0) is 29.8. The van der Waals surface area contributed by atoms with Crippen LogP contribution in [0.4, 0.5) is 42.5 Å². The van der Waals surface area contributed by atoms with Crippen LogP contribution in [0.5, 0.6) is 0 Å². The highest BCUT2D eigenvalue weighted by molar-refractivity contribution is 7.89. The molecule has 41 heavy (non-hydrogen) atoms. The van der Waals surface area contributed by atoms with E-state index in [2.05, 4.69) is 25.6 Å². The molecule has 16 heteroatoms. The highest BCUT2D eigenvalue weighted by Gasteiger charge is 2.64. The largest absolute Gasteiger partial charge is 0.416 e. The number of nitrogens with two attached hydrogens (primary N) is 1. The molecule has 1 saturated carbocycles. The van der Waals surface area contributed by atoms with Crippen molar-refractivity contribution in [2.75, 3.05) is 10.6 Å². The summed E-state index contributed by atoms with van der Waals surface area (Å²) in [5.41, 5.74) is -2.80. The van der Waals surface area contributed by atoms with Crippen molar-refractivity contribution in [1.82, 2.24) is 15.0 Å². The van der Waals surface area contributed by atoms with E-state index in [0.29, 0.717) is 23.4 Å². The van der Waals surface area contributed by atoms with Gasteiger partial charge < -0.3 is 10.6 Å². The van der Waals surface area contributed by atoms with Crippen molar-refractivity contribution in [3.05, 3.63) is 71.5 Å². The Labute approximate surface area is 227 Å². The van der Waals surface area contributed by atoms with E-state index >= 15 is 0 Å². The molecule has 8 nitrogen and oxygen atoms in total. The van der Waals surface area contributed by atoms with E-state index in [4.69, 9.17) is 5.14 Å². The Morgan fingerprint density at radius 2 is 1.59 bits per heavy atom. The van der Waals surface area contributed by atoms with Crippen molar-refractivity contribution in [2.45, 2.75) is 42.2 Å². The fourth-order valence-corrected chi connectivity index (χ4v) is 4.67. The van der Waals surface area contributed by atoms with Gasteiger partial charge in [-0.15, -0.1) is 0 Å². The van der Waals surface area contributed by atoms with Crippen molar-refractivity contribution >= 4 is 32.8 Å². The number of hydrogen-bond acceptors (Lipinski definition) is 7. The molecule has 0 spiro atoms. The number of pyridine rings is 1. The molecule has 0 aliphatic heterocycles. The van der Waals surface area contributed by atoms with Gasteiger partial charge >= 0.3 is 12.4 Å². The van der Waals surface area contributed by atoms with Crippen LogP contribution >= 0.6 is 0 Å². The maximum Gasteiger partial charge on any atom is 0.416 e. The number of rotatable bonds is 7. The second-order valence-corrected chi connectivity index (χ2v) is 11.0. The average molecular weight is 601 g/mol. The maximum absolute atomic E-state index is 13.8. The number of fused-ring (bicyclic) bond motifs is 1. The van der Waals surface area contributed by atoms with Gasteiger partial charge in [0.25, 0.3) is 0 Å². The van der Waals surface area contributed by atoms with E-state index in [1.54, 1.807) is 0 Å². The van der Waals surface area contributed by atoms with E-state index in [-0.39, 0.29) is 41.2 Å². The van der Waals surface area contributed by atoms with Crippen LogP contribution in [0.3, 0.4) is 0 Å². The minimum Gasteiger partial charge on any atom is -0.354 e. The lowest BCUT2D eigenvalue weighted by Gasteiger charge is -2.22. The third-order valence-corrected chi connectivity index (χ3v) is 7.30. The smallest absolute Gasteiger partial charge is 0.354 e. The van der Waals surface area contributed by atoms with Crippen LogP contribution in [0.1, 0.15) is 24.0 Å². The highest BCUT2D eigenvalue weighted by Crippen LogP contribution is 2.51. The Kier molecular flexibility index (Phi) is 6.80. The summed E-state index contributed by atoms with van der Waals surface area (Å²) >= 11 is 0. The first-order chi connectivity index (χ1) is 19.0. The first-order valence-corrected chi connectivity index (χ1v) is 13.4. The van der Waals surface area contributed by atoms with Crippen molar-refractivity contribution in [3.8, 4) is 11.3 Å². The van der Waals surface area contributed by atoms with Gasteiger partial charge in [0.2, 0.25) is 16.0 Å². The van der Waals surface area contributed by atoms with Crippen molar-refractivity contribution in [3.63, 3.8) is 0 Å². The summed E-state index contributed by atoms with van der Waals surface area (Å²) in [6, 6.07) is 10.3. The summed E-state index contributed by atoms with van der Waals surface area (Å²) in [5, 5.41) is 10.1. The summed E-state index contributed by atoms with van der Waals surface area (Å²) in [6.07, 6.45) is -9.93. The molecule has 0 unspecified atom stereocenters. The van der Waals surface area contributed by atoms with Gasteiger partial charge in [0, 0.05) is 12.1 Å². The number of primary sulfonamides is 1. The lowest BCUT2D eigenvalue weighted by atomic mass is 10.1. The minimum atomic E-state index is -4.88. The topological polar surface area (TPSA) is 123 Å². The van der Waals surface area contributed by atoms with Gasteiger partial charge in [-0.25, -0.2) is 27.9 Å². The maximum atomic E-state index is 13.8. The van der Waals surface area contributed by atoms with Gasteiger partial charge in [-0.05, 0) is 73.0 Å². The lowest BCUT2D eigenvalue weighted by Crippen LogP contribution is -2.39. The van der Waals surface area contributed by atoms with Gasteiger partial charge in [-0.2, -0.15) is 31.3 Å². The number of halogens is 7. The number of nitrogens with one attached hydrogen (secondary N) is 2. The number of benzene rings is 2. The predicted molar refractivity (Wildman–Crippen MR) is 135 cm³/mol. The molecule has 2 heterocycles. The molecular weight excluding hydrogens is 581 g/mol. The first kappa shape index (κ1) is 28.5. The van der Waals surface area contributed by atoms with Crippen LogP contribution in [0.2, 0.25) is 0 Å². The second-order valence-electron chi connectivity index (χ2n) is 9.43. The molecule has 2 aromatic carbocycles. The minimum absolute atomic E-state index is 0.0246. The van der Waals surface area contributed by atoms with Gasteiger partial charge in [-0.1, -0.05) is 0 Å². The summed E-state index contributed by atoms with van der Waals surface area (Å²) < 4.78 is 118. The first-order valence-electron chi connectivity index (χ1n) is 11.8. The van der Waals surface area contributed by atoms with E-state index in [9.17, 15) is 39.2 Å².